The zero-order chi connectivity index (χ0) is 15.3. The summed E-state index contributed by atoms with van der Waals surface area (Å²) in [5, 5.41) is 3.46. The second kappa shape index (κ2) is 7.82. The molecule has 1 aliphatic heterocycles. The Balaban J connectivity index is 2.11. The summed E-state index contributed by atoms with van der Waals surface area (Å²) in [6, 6.07) is 0.000718. The molecule has 124 valence electrons. The van der Waals surface area contributed by atoms with Gasteiger partial charge in [-0.15, -0.1) is 0 Å². The molecule has 0 aromatic carbocycles. The molecule has 0 radical (unpaired) electrons. The van der Waals surface area contributed by atoms with Gasteiger partial charge < -0.3 is 10.1 Å². The van der Waals surface area contributed by atoms with Crippen molar-refractivity contribution in [3.05, 3.63) is 0 Å². The lowest BCUT2D eigenvalue weighted by molar-refractivity contribution is -0.201. The Bertz CT molecular complexity index is 302. The minimum absolute atomic E-state index is 0.000718. The highest BCUT2D eigenvalue weighted by atomic mass is 19.4. The average Bonchev–Trinajstić information content (AvgIpc) is 2.48. The van der Waals surface area contributed by atoms with Gasteiger partial charge in [0.1, 0.15) is 0 Å². The third-order valence-corrected chi connectivity index (χ3v) is 5.10. The molecule has 2 aliphatic rings. The molecular weight excluding hydrogens is 279 g/mol. The van der Waals surface area contributed by atoms with Crippen molar-refractivity contribution in [3.8, 4) is 0 Å². The number of hydrogen-bond donors (Lipinski definition) is 1. The first-order valence-corrected chi connectivity index (χ1v) is 8.42. The molecule has 3 unspecified atom stereocenters. The lowest BCUT2D eigenvalue weighted by Gasteiger charge is -2.43. The first-order chi connectivity index (χ1) is 10.0. The van der Waals surface area contributed by atoms with Crippen molar-refractivity contribution in [3.63, 3.8) is 0 Å². The van der Waals surface area contributed by atoms with Crippen LogP contribution >= 0.6 is 0 Å². The Hall–Kier alpha value is -0.290. The lowest BCUT2D eigenvalue weighted by Crippen LogP contribution is -2.50. The summed E-state index contributed by atoms with van der Waals surface area (Å²) in [5.41, 5.74) is 0. The SMILES string of the molecule is CCCNC(C1CCOCC1)C1CCCCC1C(F)(F)F. The molecule has 1 heterocycles. The Labute approximate surface area is 125 Å². The van der Waals surface area contributed by atoms with Gasteiger partial charge in [-0.2, -0.15) is 13.2 Å². The summed E-state index contributed by atoms with van der Waals surface area (Å²) in [6.45, 7) is 4.26. The summed E-state index contributed by atoms with van der Waals surface area (Å²) in [7, 11) is 0. The van der Waals surface area contributed by atoms with E-state index in [1.807, 2.05) is 0 Å². The summed E-state index contributed by atoms with van der Waals surface area (Å²) >= 11 is 0. The Morgan fingerprint density at radius 1 is 1.10 bits per heavy atom. The molecule has 21 heavy (non-hydrogen) atoms. The first-order valence-electron chi connectivity index (χ1n) is 8.42. The highest BCUT2D eigenvalue weighted by Gasteiger charge is 2.49. The molecule has 0 bridgehead atoms. The van der Waals surface area contributed by atoms with Crippen LogP contribution in [0.4, 0.5) is 13.2 Å². The average molecular weight is 307 g/mol. The number of halogens is 3. The molecule has 0 aromatic heterocycles. The minimum atomic E-state index is -4.05. The summed E-state index contributed by atoms with van der Waals surface area (Å²) in [6.07, 6.45) is 1.36. The van der Waals surface area contributed by atoms with E-state index in [0.29, 0.717) is 32.0 Å². The second-order valence-electron chi connectivity index (χ2n) is 6.53. The van der Waals surface area contributed by atoms with Gasteiger partial charge in [0.05, 0.1) is 5.92 Å². The van der Waals surface area contributed by atoms with Gasteiger partial charge in [-0.1, -0.05) is 19.8 Å². The maximum atomic E-state index is 13.4. The smallest absolute Gasteiger partial charge is 0.381 e. The van der Waals surface area contributed by atoms with Crippen molar-refractivity contribution in [2.45, 2.75) is 64.1 Å². The van der Waals surface area contributed by atoms with Crippen LogP contribution in [0.3, 0.4) is 0 Å². The molecule has 1 saturated heterocycles. The first kappa shape index (κ1) is 17.1. The molecule has 1 saturated carbocycles. The zero-order valence-electron chi connectivity index (χ0n) is 12.9. The molecule has 2 rings (SSSR count). The molecule has 1 aliphatic carbocycles. The monoisotopic (exact) mass is 307 g/mol. The van der Waals surface area contributed by atoms with Crippen molar-refractivity contribution < 1.29 is 17.9 Å². The van der Waals surface area contributed by atoms with Gasteiger partial charge in [0.15, 0.2) is 0 Å². The van der Waals surface area contributed by atoms with Crippen molar-refractivity contribution in [1.29, 1.82) is 0 Å². The number of nitrogens with one attached hydrogen (secondary N) is 1. The Kier molecular flexibility index (Phi) is 6.35. The van der Waals surface area contributed by atoms with Gasteiger partial charge in [0, 0.05) is 19.3 Å². The molecule has 0 amide bonds. The van der Waals surface area contributed by atoms with Crippen LogP contribution in [0.5, 0.6) is 0 Å². The second-order valence-corrected chi connectivity index (χ2v) is 6.53. The number of ether oxygens (including phenoxy) is 1. The van der Waals surface area contributed by atoms with Crippen molar-refractivity contribution >= 4 is 0 Å². The minimum Gasteiger partial charge on any atom is -0.381 e. The molecular formula is C16H28F3NO. The van der Waals surface area contributed by atoms with Crippen LogP contribution < -0.4 is 5.32 Å². The van der Waals surface area contributed by atoms with Crippen molar-refractivity contribution in [1.82, 2.24) is 5.32 Å². The number of rotatable bonds is 5. The van der Waals surface area contributed by atoms with E-state index in [9.17, 15) is 13.2 Å². The van der Waals surface area contributed by atoms with Gasteiger partial charge in [-0.05, 0) is 50.5 Å². The molecule has 1 N–H and O–H groups in total. The van der Waals surface area contributed by atoms with Crippen LogP contribution in [0.2, 0.25) is 0 Å². The fourth-order valence-electron chi connectivity index (χ4n) is 4.05. The summed E-state index contributed by atoms with van der Waals surface area (Å²) in [4.78, 5) is 0. The number of alkyl halides is 3. The quantitative estimate of drug-likeness (QED) is 0.824. The van der Waals surface area contributed by atoms with Crippen LogP contribution in [0.25, 0.3) is 0 Å². The summed E-state index contributed by atoms with van der Waals surface area (Å²) < 4.78 is 45.6. The van der Waals surface area contributed by atoms with Gasteiger partial charge >= 0.3 is 6.18 Å². The maximum absolute atomic E-state index is 13.4. The predicted octanol–water partition coefficient (Wildman–Crippen LogP) is 4.15. The van der Waals surface area contributed by atoms with Gasteiger partial charge in [-0.3, -0.25) is 0 Å². The van der Waals surface area contributed by atoms with Crippen LogP contribution in [0, 0.1) is 17.8 Å². The van der Waals surface area contributed by atoms with Crippen LogP contribution in [0.1, 0.15) is 51.9 Å². The topological polar surface area (TPSA) is 21.3 Å². The molecule has 5 heteroatoms. The summed E-state index contributed by atoms with van der Waals surface area (Å²) in [5.74, 6) is -1.05. The van der Waals surface area contributed by atoms with E-state index in [-0.39, 0.29) is 12.0 Å². The van der Waals surface area contributed by atoms with Gasteiger partial charge in [0.25, 0.3) is 0 Å². The molecule has 2 fully saturated rings. The zero-order valence-corrected chi connectivity index (χ0v) is 12.9. The molecule has 3 atom stereocenters. The van der Waals surface area contributed by atoms with Crippen LogP contribution in [-0.4, -0.2) is 32.0 Å². The van der Waals surface area contributed by atoms with Gasteiger partial charge in [-0.25, -0.2) is 0 Å². The molecule has 0 spiro atoms. The van der Waals surface area contributed by atoms with E-state index in [2.05, 4.69) is 12.2 Å². The van der Waals surface area contributed by atoms with E-state index in [1.54, 1.807) is 0 Å². The Morgan fingerprint density at radius 3 is 2.38 bits per heavy atom. The largest absolute Gasteiger partial charge is 0.392 e. The highest BCUT2D eigenvalue weighted by molar-refractivity contribution is 4.92. The van der Waals surface area contributed by atoms with Crippen LogP contribution in [-0.2, 0) is 4.74 Å². The van der Waals surface area contributed by atoms with E-state index in [4.69, 9.17) is 4.74 Å². The standard InChI is InChI=1S/C16H28F3NO/c1-2-9-20-15(12-7-10-21-11-8-12)13-5-3-4-6-14(13)16(17,18)19/h12-15,20H,2-11H2,1H3. The Morgan fingerprint density at radius 2 is 1.76 bits per heavy atom. The van der Waals surface area contributed by atoms with E-state index in [1.165, 1.54) is 0 Å². The third kappa shape index (κ3) is 4.59. The third-order valence-electron chi connectivity index (χ3n) is 5.10. The van der Waals surface area contributed by atoms with E-state index < -0.39 is 12.1 Å². The highest BCUT2D eigenvalue weighted by Crippen LogP contribution is 2.45. The van der Waals surface area contributed by atoms with Gasteiger partial charge in [0.2, 0.25) is 0 Å². The molecule has 0 aromatic rings. The van der Waals surface area contributed by atoms with Crippen molar-refractivity contribution in [2.75, 3.05) is 19.8 Å². The molecule has 2 nitrogen and oxygen atoms in total. The normalized spacial score (nSPS) is 30.3. The lowest BCUT2D eigenvalue weighted by atomic mass is 9.70. The maximum Gasteiger partial charge on any atom is 0.392 e. The predicted molar refractivity (Wildman–Crippen MR) is 77.1 cm³/mol. The van der Waals surface area contributed by atoms with E-state index >= 15 is 0 Å². The fourth-order valence-corrected chi connectivity index (χ4v) is 4.05. The van der Waals surface area contributed by atoms with Crippen molar-refractivity contribution in [2.24, 2.45) is 17.8 Å². The fraction of sp³-hybridized carbons (Fsp3) is 1.00. The van der Waals surface area contributed by atoms with E-state index in [0.717, 1.165) is 38.6 Å². The van der Waals surface area contributed by atoms with Crippen LogP contribution in [0.15, 0.2) is 0 Å². The number of hydrogen-bond acceptors (Lipinski definition) is 2.